The molecule has 0 radical (unpaired) electrons. The van der Waals surface area contributed by atoms with Crippen LogP contribution in [0.25, 0.3) is 0 Å². The van der Waals surface area contributed by atoms with E-state index in [1.165, 1.54) is 18.3 Å². The van der Waals surface area contributed by atoms with Crippen LogP contribution in [0.1, 0.15) is 5.56 Å². The molecule has 0 aliphatic rings. The average molecular weight is 218 g/mol. The number of nitro groups is 1. The van der Waals surface area contributed by atoms with Gasteiger partial charge in [-0.15, -0.1) is 5.10 Å². The number of nitrogens with one attached hydrogen (secondary N) is 1. The van der Waals surface area contributed by atoms with Gasteiger partial charge in [-0.2, -0.15) is 5.21 Å². The number of non-ortho nitro benzene ring substituents is 1. The van der Waals surface area contributed by atoms with Crippen molar-refractivity contribution in [3.05, 3.63) is 39.9 Å². The Bertz CT molecular complexity index is 504. The maximum absolute atomic E-state index is 10.4. The first-order valence-corrected chi connectivity index (χ1v) is 4.28. The van der Waals surface area contributed by atoms with E-state index in [0.29, 0.717) is 0 Å². The Kier molecular flexibility index (Phi) is 2.63. The van der Waals surface area contributed by atoms with Crippen molar-refractivity contribution in [3.63, 3.8) is 0 Å². The van der Waals surface area contributed by atoms with Crippen molar-refractivity contribution in [3.8, 4) is 0 Å². The van der Waals surface area contributed by atoms with E-state index in [9.17, 15) is 10.1 Å². The SMILES string of the molecule is O=[N+]([O-])c1ccc(C=Nc2nn[nH]n2)cc1. The number of tetrazole rings is 1. The molecule has 2 aromatic rings. The molecule has 0 spiro atoms. The first-order valence-electron chi connectivity index (χ1n) is 4.28. The number of rotatable bonds is 3. The third-order valence-electron chi connectivity index (χ3n) is 1.77. The molecule has 0 fully saturated rings. The van der Waals surface area contributed by atoms with Crippen molar-refractivity contribution >= 4 is 17.9 Å². The van der Waals surface area contributed by atoms with Crippen LogP contribution >= 0.6 is 0 Å². The monoisotopic (exact) mass is 218 g/mol. The van der Waals surface area contributed by atoms with E-state index < -0.39 is 4.92 Å². The Morgan fingerprint density at radius 1 is 1.38 bits per heavy atom. The van der Waals surface area contributed by atoms with Crippen molar-refractivity contribution in [1.82, 2.24) is 20.6 Å². The first kappa shape index (κ1) is 9.90. The average Bonchev–Trinajstić information content (AvgIpc) is 2.80. The standard InChI is InChI=1S/C8H6N6O2/c15-14(16)7-3-1-6(2-4-7)5-9-8-10-12-13-11-8/h1-5H,(H,10,11,12,13). The summed E-state index contributed by atoms with van der Waals surface area (Å²) < 4.78 is 0. The van der Waals surface area contributed by atoms with E-state index in [-0.39, 0.29) is 11.6 Å². The fraction of sp³-hybridized carbons (Fsp3) is 0. The second-order valence-corrected chi connectivity index (χ2v) is 2.82. The van der Waals surface area contributed by atoms with E-state index in [1.54, 1.807) is 12.1 Å². The van der Waals surface area contributed by atoms with Gasteiger partial charge in [0.1, 0.15) is 0 Å². The van der Waals surface area contributed by atoms with Crippen molar-refractivity contribution < 1.29 is 4.92 Å². The number of aliphatic imine (C=N–C) groups is 1. The smallest absolute Gasteiger partial charge is 0.258 e. The predicted octanol–water partition coefficient (Wildman–Crippen LogP) is 0.858. The zero-order valence-corrected chi connectivity index (χ0v) is 7.94. The number of aromatic nitrogens is 4. The first-order chi connectivity index (χ1) is 7.75. The van der Waals surface area contributed by atoms with Crippen LogP contribution in [-0.4, -0.2) is 31.8 Å². The van der Waals surface area contributed by atoms with Crippen molar-refractivity contribution in [2.24, 2.45) is 4.99 Å². The topological polar surface area (TPSA) is 110 Å². The highest BCUT2D eigenvalue weighted by molar-refractivity contribution is 5.81. The lowest BCUT2D eigenvalue weighted by Gasteiger charge is -1.91. The summed E-state index contributed by atoms with van der Waals surface area (Å²) in [6.07, 6.45) is 1.49. The summed E-state index contributed by atoms with van der Waals surface area (Å²) in [6, 6.07) is 5.97. The van der Waals surface area contributed by atoms with Crippen LogP contribution in [-0.2, 0) is 0 Å². The van der Waals surface area contributed by atoms with Gasteiger partial charge in [-0.25, -0.2) is 4.99 Å². The van der Waals surface area contributed by atoms with E-state index in [2.05, 4.69) is 25.6 Å². The van der Waals surface area contributed by atoms with Crippen molar-refractivity contribution in [2.45, 2.75) is 0 Å². The molecule has 0 aliphatic carbocycles. The van der Waals surface area contributed by atoms with Crippen LogP contribution in [0.2, 0.25) is 0 Å². The van der Waals surface area contributed by atoms with Gasteiger partial charge < -0.3 is 0 Å². The van der Waals surface area contributed by atoms with Gasteiger partial charge in [0.15, 0.2) is 0 Å². The van der Waals surface area contributed by atoms with Gasteiger partial charge in [0.05, 0.1) is 4.92 Å². The predicted molar refractivity (Wildman–Crippen MR) is 54.5 cm³/mol. The molecule has 0 saturated carbocycles. The molecule has 1 heterocycles. The van der Waals surface area contributed by atoms with Gasteiger partial charge in [-0.1, -0.05) is 5.10 Å². The molecule has 0 unspecified atom stereocenters. The number of H-pyrrole nitrogens is 1. The molecular formula is C8H6N6O2. The molecule has 8 nitrogen and oxygen atoms in total. The molecule has 1 aromatic heterocycles. The third kappa shape index (κ3) is 2.23. The van der Waals surface area contributed by atoms with E-state index in [0.717, 1.165) is 5.56 Å². The summed E-state index contributed by atoms with van der Waals surface area (Å²) in [5.74, 6) is 0.207. The Morgan fingerprint density at radius 3 is 2.69 bits per heavy atom. The second kappa shape index (κ2) is 4.26. The van der Waals surface area contributed by atoms with Gasteiger partial charge in [0.2, 0.25) is 0 Å². The second-order valence-electron chi connectivity index (χ2n) is 2.82. The number of nitro benzene ring substituents is 1. The maximum Gasteiger partial charge on any atom is 0.288 e. The van der Waals surface area contributed by atoms with E-state index >= 15 is 0 Å². The van der Waals surface area contributed by atoms with Crippen LogP contribution in [0.5, 0.6) is 0 Å². The summed E-state index contributed by atoms with van der Waals surface area (Å²) in [6.45, 7) is 0. The summed E-state index contributed by atoms with van der Waals surface area (Å²) in [5, 5.41) is 23.2. The van der Waals surface area contributed by atoms with Crippen molar-refractivity contribution in [2.75, 3.05) is 0 Å². The molecule has 16 heavy (non-hydrogen) atoms. The number of aromatic amines is 1. The summed E-state index contributed by atoms with van der Waals surface area (Å²) in [4.78, 5) is 13.8. The Hall–Kier alpha value is -2.64. The summed E-state index contributed by atoms with van der Waals surface area (Å²) in [5.41, 5.74) is 0.757. The molecule has 0 bridgehead atoms. The lowest BCUT2D eigenvalue weighted by atomic mass is 10.2. The molecule has 0 atom stereocenters. The van der Waals surface area contributed by atoms with Gasteiger partial charge in [-0.3, -0.25) is 10.1 Å². The summed E-state index contributed by atoms with van der Waals surface area (Å²) >= 11 is 0. The fourth-order valence-corrected chi connectivity index (χ4v) is 1.03. The fourth-order valence-electron chi connectivity index (χ4n) is 1.03. The molecule has 0 aliphatic heterocycles. The number of hydrogen-bond donors (Lipinski definition) is 1. The van der Waals surface area contributed by atoms with Crippen LogP contribution in [0.15, 0.2) is 29.3 Å². The highest BCUT2D eigenvalue weighted by Gasteiger charge is 2.02. The Morgan fingerprint density at radius 2 is 2.12 bits per heavy atom. The third-order valence-corrected chi connectivity index (χ3v) is 1.77. The largest absolute Gasteiger partial charge is 0.288 e. The molecule has 1 aromatic carbocycles. The van der Waals surface area contributed by atoms with Crippen LogP contribution in [0.3, 0.4) is 0 Å². The van der Waals surface area contributed by atoms with Gasteiger partial charge in [0, 0.05) is 18.3 Å². The van der Waals surface area contributed by atoms with Gasteiger partial charge in [0.25, 0.3) is 11.6 Å². The van der Waals surface area contributed by atoms with Crippen LogP contribution in [0.4, 0.5) is 11.6 Å². The zero-order chi connectivity index (χ0) is 11.4. The van der Waals surface area contributed by atoms with Gasteiger partial charge in [-0.05, 0) is 22.9 Å². The maximum atomic E-state index is 10.4. The normalized spacial score (nSPS) is 10.8. The zero-order valence-electron chi connectivity index (χ0n) is 7.94. The van der Waals surface area contributed by atoms with E-state index in [1.807, 2.05) is 0 Å². The highest BCUT2D eigenvalue weighted by atomic mass is 16.6. The molecule has 1 N–H and O–H groups in total. The number of hydrogen-bond acceptors (Lipinski definition) is 6. The lowest BCUT2D eigenvalue weighted by Crippen LogP contribution is -1.88. The van der Waals surface area contributed by atoms with Gasteiger partial charge >= 0.3 is 0 Å². The molecule has 8 heteroatoms. The number of benzene rings is 1. The minimum absolute atomic E-state index is 0.0386. The van der Waals surface area contributed by atoms with Crippen LogP contribution in [0, 0.1) is 10.1 Å². The number of nitrogens with zero attached hydrogens (tertiary/aromatic N) is 5. The molecule has 0 amide bonds. The lowest BCUT2D eigenvalue weighted by molar-refractivity contribution is -0.384. The highest BCUT2D eigenvalue weighted by Crippen LogP contribution is 2.11. The minimum Gasteiger partial charge on any atom is -0.258 e. The Balaban J connectivity index is 2.14. The van der Waals surface area contributed by atoms with Crippen molar-refractivity contribution in [1.29, 1.82) is 0 Å². The van der Waals surface area contributed by atoms with Crippen LogP contribution < -0.4 is 0 Å². The molecular weight excluding hydrogens is 212 g/mol. The molecule has 2 rings (SSSR count). The minimum atomic E-state index is -0.458. The molecule has 0 saturated heterocycles. The Labute approximate surface area is 89.2 Å². The summed E-state index contributed by atoms with van der Waals surface area (Å²) in [7, 11) is 0. The van der Waals surface area contributed by atoms with E-state index in [4.69, 9.17) is 0 Å². The quantitative estimate of drug-likeness (QED) is 0.466. The molecule has 80 valence electrons.